The summed E-state index contributed by atoms with van der Waals surface area (Å²) in [7, 11) is 0. The standard InChI is InChI=1S/C15H22N2OS/c1-11(2)10-18-9-5-8-17-14-12(3)6-4-7-13(14)16-15(17)19/h4,6-7,11H,5,8-10H2,1-3H3,(H,16,19). The van der Waals surface area contributed by atoms with Crippen molar-refractivity contribution in [1.29, 1.82) is 0 Å². The van der Waals surface area contributed by atoms with Crippen LogP contribution in [0, 0.1) is 17.6 Å². The largest absolute Gasteiger partial charge is 0.381 e. The molecule has 0 saturated heterocycles. The summed E-state index contributed by atoms with van der Waals surface area (Å²) in [6.45, 7) is 8.98. The summed E-state index contributed by atoms with van der Waals surface area (Å²) < 4.78 is 8.60. The minimum absolute atomic E-state index is 0.595. The number of nitrogens with one attached hydrogen (secondary N) is 1. The number of nitrogens with zero attached hydrogens (tertiary/aromatic N) is 1. The van der Waals surface area contributed by atoms with E-state index in [0.717, 1.165) is 36.5 Å². The maximum absolute atomic E-state index is 5.62. The van der Waals surface area contributed by atoms with Gasteiger partial charge in [0.1, 0.15) is 0 Å². The average molecular weight is 278 g/mol. The third kappa shape index (κ3) is 3.45. The molecule has 1 N–H and O–H groups in total. The van der Waals surface area contributed by atoms with E-state index in [1.165, 1.54) is 11.1 Å². The first kappa shape index (κ1) is 14.3. The van der Waals surface area contributed by atoms with Gasteiger partial charge in [-0.15, -0.1) is 0 Å². The first-order chi connectivity index (χ1) is 9.09. The Balaban J connectivity index is 2.04. The number of para-hydroxylation sites is 1. The van der Waals surface area contributed by atoms with Gasteiger partial charge in [0.15, 0.2) is 4.77 Å². The van der Waals surface area contributed by atoms with Crippen molar-refractivity contribution in [1.82, 2.24) is 9.55 Å². The van der Waals surface area contributed by atoms with Crippen molar-refractivity contribution in [3.63, 3.8) is 0 Å². The summed E-state index contributed by atoms with van der Waals surface area (Å²) in [5.41, 5.74) is 3.59. The molecule has 3 nitrogen and oxygen atoms in total. The molecular formula is C15H22N2OS. The van der Waals surface area contributed by atoms with E-state index in [1.54, 1.807) is 0 Å². The van der Waals surface area contributed by atoms with Gasteiger partial charge in [-0.3, -0.25) is 0 Å². The number of imidazole rings is 1. The van der Waals surface area contributed by atoms with Gasteiger partial charge in [-0.25, -0.2) is 0 Å². The van der Waals surface area contributed by atoms with E-state index >= 15 is 0 Å². The van der Waals surface area contributed by atoms with Gasteiger partial charge in [0, 0.05) is 19.8 Å². The average Bonchev–Trinajstić information content (AvgIpc) is 2.66. The summed E-state index contributed by atoms with van der Waals surface area (Å²) in [5.74, 6) is 0.595. The minimum atomic E-state index is 0.595. The molecule has 4 heteroatoms. The van der Waals surface area contributed by atoms with Gasteiger partial charge < -0.3 is 14.3 Å². The summed E-state index contributed by atoms with van der Waals surface area (Å²) in [5, 5.41) is 0. The van der Waals surface area contributed by atoms with Crippen LogP contribution in [0.1, 0.15) is 25.8 Å². The molecule has 0 spiro atoms. The van der Waals surface area contributed by atoms with E-state index in [-0.39, 0.29) is 0 Å². The highest BCUT2D eigenvalue weighted by atomic mass is 32.1. The Morgan fingerprint density at radius 2 is 2.16 bits per heavy atom. The number of aromatic nitrogens is 2. The number of aromatic amines is 1. The summed E-state index contributed by atoms with van der Waals surface area (Å²) in [6, 6.07) is 6.25. The topological polar surface area (TPSA) is 29.9 Å². The Bertz CT molecular complexity index is 598. The lowest BCUT2D eigenvalue weighted by molar-refractivity contribution is 0.105. The van der Waals surface area contributed by atoms with Crippen LogP contribution in [0.25, 0.3) is 11.0 Å². The van der Waals surface area contributed by atoms with Crippen LogP contribution in [0.2, 0.25) is 0 Å². The molecule has 0 fully saturated rings. The van der Waals surface area contributed by atoms with Gasteiger partial charge in [-0.1, -0.05) is 26.0 Å². The smallest absolute Gasteiger partial charge is 0.178 e. The Morgan fingerprint density at radius 3 is 2.89 bits per heavy atom. The highest BCUT2D eigenvalue weighted by Crippen LogP contribution is 2.18. The van der Waals surface area contributed by atoms with Gasteiger partial charge in [-0.2, -0.15) is 0 Å². The predicted octanol–water partition coefficient (Wildman–Crippen LogP) is 4.07. The van der Waals surface area contributed by atoms with E-state index in [9.17, 15) is 0 Å². The van der Waals surface area contributed by atoms with E-state index < -0.39 is 0 Å². The van der Waals surface area contributed by atoms with E-state index in [2.05, 4.69) is 48.5 Å². The Morgan fingerprint density at radius 1 is 1.37 bits per heavy atom. The molecule has 1 heterocycles. The number of hydrogen-bond acceptors (Lipinski definition) is 2. The molecule has 2 rings (SSSR count). The Kier molecular flexibility index (Phi) is 4.77. The van der Waals surface area contributed by atoms with E-state index in [0.29, 0.717) is 5.92 Å². The fourth-order valence-electron chi connectivity index (χ4n) is 2.26. The van der Waals surface area contributed by atoms with Crippen LogP contribution >= 0.6 is 12.2 Å². The van der Waals surface area contributed by atoms with E-state index in [4.69, 9.17) is 17.0 Å². The summed E-state index contributed by atoms with van der Waals surface area (Å²) >= 11 is 5.40. The van der Waals surface area contributed by atoms with Crippen LogP contribution in [0.4, 0.5) is 0 Å². The zero-order valence-corrected chi connectivity index (χ0v) is 12.7. The molecule has 2 aromatic rings. The number of ether oxygens (including phenoxy) is 1. The summed E-state index contributed by atoms with van der Waals surface area (Å²) in [6.07, 6.45) is 0.988. The molecule has 1 aromatic heterocycles. The summed E-state index contributed by atoms with van der Waals surface area (Å²) in [4.78, 5) is 3.26. The predicted molar refractivity (Wildman–Crippen MR) is 82.1 cm³/mol. The van der Waals surface area contributed by atoms with Crippen molar-refractivity contribution < 1.29 is 4.74 Å². The quantitative estimate of drug-likeness (QED) is 0.637. The maximum atomic E-state index is 5.62. The van der Waals surface area contributed by atoms with Gasteiger partial charge in [0.05, 0.1) is 11.0 Å². The van der Waals surface area contributed by atoms with Crippen molar-refractivity contribution >= 4 is 23.3 Å². The van der Waals surface area contributed by atoms with Crippen LogP contribution in [-0.2, 0) is 11.3 Å². The van der Waals surface area contributed by atoms with Crippen molar-refractivity contribution in [3.05, 3.63) is 28.5 Å². The molecule has 1 aromatic carbocycles. The van der Waals surface area contributed by atoms with Crippen LogP contribution in [0.3, 0.4) is 0 Å². The lowest BCUT2D eigenvalue weighted by Gasteiger charge is -2.08. The lowest BCUT2D eigenvalue weighted by Crippen LogP contribution is -2.07. The molecule has 0 aliphatic rings. The van der Waals surface area contributed by atoms with Gasteiger partial charge >= 0.3 is 0 Å². The molecule has 0 radical (unpaired) electrons. The number of aryl methyl sites for hydroxylation is 2. The van der Waals surface area contributed by atoms with E-state index in [1.807, 2.05) is 0 Å². The van der Waals surface area contributed by atoms with Crippen molar-refractivity contribution in [2.24, 2.45) is 5.92 Å². The first-order valence-corrected chi connectivity index (χ1v) is 7.26. The lowest BCUT2D eigenvalue weighted by atomic mass is 10.2. The molecule has 0 aliphatic heterocycles. The molecule has 0 aliphatic carbocycles. The fourth-order valence-corrected chi connectivity index (χ4v) is 2.55. The number of hydrogen-bond donors (Lipinski definition) is 1. The van der Waals surface area contributed by atoms with Crippen molar-refractivity contribution in [2.45, 2.75) is 33.7 Å². The van der Waals surface area contributed by atoms with Crippen LogP contribution in [0.15, 0.2) is 18.2 Å². The molecule has 19 heavy (non-hydrogen) atoms. The molecule has 0 bridgehead atoms. The van der Waals surface area contributed by atoms with Crippen LogP contribution in [-0.4, -0.2) is 22.8 Å². The molecule has 0 amide bonds. The second-order valence-corrected chi connectivity index (χ2v) is 5.76. The molecular weight excluding hydrogens is 256 g/mol. The maximum Gasteiger partial charge on any atom is 0.178 e. The van der Waals surface area contributed by atoms with Crippen LogP contribution in [0.5, 0.6) is 0 Å². The third-order valence-electron chi connectivity index (χ3n) is 3.12. The van der Waals surface area contributed by atoms with Crippen LogP contribution < -0.4 is 0 Å². The van der Waals surface area contributed by atoms with Gasteiger partial charge in [0.2, 0.25) is 0 Å². The van der Waals surface area contributed by atoms with Crippen molar-refractivity contribution in [3.8, 4) is 0 Å². The van der Waals surface area contributed by atoms with Crippen molar-refractivity contribution in [2.75, 3.05) is 13.2 Å². The second kappa shape index (κ2) is 6.35. The highest BCUT2D eigenvalue weighted by Gasteiger charge is 2.06. The normalized spacial score (nSPS) is 11.6. The highest BCUT2D eigenvalue weighted by molar-refractivity contribution is 7.71. The zero-order chi connectivity index (χ0) is 13.8. The number of H-pyrrole nitrogens is 1. The molecule has 0 saturated carbocycles. The monoisotopic (exact) mass is 278 g/mol. The van der Waals surface area contributed by atoms with Gasteiger partial charge in [-0.05, 0) is 43.1 Å². The Labute approximate surface area is 119 Å². The number of benzene rings is 1. The number of fused-ring (bicyclic) bond motifs is 1. The molecule has 104 valence electrons. The molecule has 0 atom stereocenters. The minimum Gasteiger partial charge on any atom is -0.381 e. The first-order valence-electron chi connectivity index (χ1n) is 6.85. The Hall–Kier alpha value is -1.13. The fraction of sp³-hybridized carbons (Fsp3) is 0.533. The zero-order valence-electron chi connectivity index (χ0n) is 11.9. The van der Waals surface area contributed by atoms with Gasteiger partial charge in [0.25, 0.3) is 0 Å². The number of rotatable bonds is 6. The second-order valence-electron chi connectivity index (χ2n) is 5.38. The molecule has 0 unspecified atom stereocenters. The third-order valence-corrected chi connectivity index (χ3v) is 3.44. The SMILES string of the molecule is Cc1cccc2[nH]c(=S)n(CCCOCC(C)C)c12.